The first-order valence-corrected chi connectivity index (χ1v) is 9.59. The number of halogens is 2. The zero-order chi connectivity index (χ0) is 20.6. The first-order chi connectivity index (χ1) is 14.0. The number of anilines is 1. The van der Waals surface area contributed by atoms with Gasteiger partial charge in [0.1, 0.15) is 6.61 Å². The molecule has 29 heavy (non-hydrogen) atoms. The SMILES string of the molecule is COc1cc(C=CC(=O)Nc2ccc(Cl)cc2)ccc1OCc1ccc(Cl)cc1. The van der Waals surface area contributed by atoms with Gasteiger partial charge < -0.3 is 14.8 Å². The van der Waals surface area contributed by atoms with E-state index in [0.717, 1.165) is 11.1 Å². The maximum absolute atomic E-state index is 12.1. The summed E-state index contributed by atoms with van der Waals surface area (Å²) in [6.45, 7) is 0.395. The van der Waals surface area contributed by atoms with Crippen LogP contribution in [0.2, 0.25) is 10.0 Å². The highest BCUT2D eigenvalue weighted by molar-refractivity contribution is 6.30. The lowest BCUT2D eigenvalue weighted by Gasteiger charge is -2.11. The topological polar surface area (TPSA) is 47.6 Å². The minimum absolute atomic E-state index is 0.241. The average molecular weight is 428 g/mol. The standard InChI is InChI=1S/C23H19Cl2NO3/c1-28-22-14-16(5-13-23(27)26-20-10-8-19(25)9-11-20)4-12-21(22)29-15-17-2-6-18(24)7-3-17/h2-14H,15H2,1H3,(H,26,27). The highest BCUT2D eigenvalue weighted by Gasteiger charge is 2.06. The summed E-state index contributed by atoms with van der Waals surface area (Å²) in [6, 6.07) is 19.8. The minimum Gasteiger partial charge on any atom is -0.493 e. The van der Waals surface area contributed by atoms with Gasteiger partial charge in [-0.1, -0.05) is 41.4 Å². The number of rotatable bonds is 7. The van der Waals surface area contributed by atoms with Crippen LogP contribution in [0.25, 0.3) is 6.08 Å². The third-order valence-electron chi connectivity index (χ3n) is 4.03. The van der Waals surface area contributed by atoms with Crippen molar-refractivity contribution in [3.05, 3.63) is 94.0 Å². The van der Waals surface area contributed by atoms with Gasteiger partial charge in [0.25, 0.3) is 0 Å². The summed E-state index contributed by atoms with van der Waals surface area (Å²) in [4.78, 5) is 12.1. The van der Waals surface area contributed by atoms with E-state index in [1.807, 2.05) is 42.5 Å². The van der Waals surface area contributed by atoms with Gasteiger partial charge in [-0.15, -0.1) is 0 Å². The Hall–Kier alpha value is -2.95. The number of hydrogen-bond acceptors (Lipinski definition) is 3. The Morgan fingerprint density at radius 2 is 1.59 bits per heavy atom. The molecule has 6 heteroatoms. The molecule has 0 saturated carbocycles. The number of carbonyl (C=O) groups is 1. The average Bonchev–Trinajstić information content (AvgIpc) is 2.74. The molecular weight excluding hydrogens is 409 g/mol. The number of ether oxygens (including phenoxy) is 2. The molecule has 4 nitrogen and oxygen atoms in total. The molecule has 0 bridgehead atoms. The lowest BCUT2D eigenvalue weighted by Crippen LogP contribution is -2.07. The van der Waals surface area contributed by atoms with Crippen LogP contribution in [0.1, 0.15) is 11.1 Å². The Labute approximate surface area is 179 Å². The largest absolute Gasteiger partial charge is 0.493 e. The van der Waals surface area contributed by atoms with E-state index in [1.54, 1.807) is 37.5 Å². The summed E-state index contributed by atoms with van der Waals surface area (Å²) >= 11 is 11.7. The Kier molecular flexibility index (Phi) is 7.17. The van der Waals surface area contributed by atoms with Crippen molar-refractivity contribution in [2.75, 3.05) is 12.4 Å². The van der Waals surface area contributed by atoms with Gasteiger partial charge in [0.15, 0.2) is 11.5 Å². The molecule has 3 aromatic rings. The van der Waals surface area contributed by atoms with Crippen LogP contribution in [0, 0.1) is 0 Å². The van der Waals surface area contributed by atoms with Crippen LogP contribution in [-0.2, 0) is 11.4 Å². The fourth-order valence-corrected chi connectivity index (χ4v) is 2.79. The normalized spacial score (nSPS) is 10.7. The van der Waals surface area contributed by atoms with E-state index < -0.39 is 0 Å². The van der Waals surface area contributed by atoms with Crippen LogP contribution in [-0.4, -0.2) is 13.0 Å². The first kappa shape index (κ1) is 20.8. The summed E-state index contributed by atoms with van der Waals surface area (Å²) < 4.78 is 11.3. The van der Waals surface area contributed by atoms with Gasteiger partial charge in [0.05, 0.1) is 7.11 Å². The number of methoxy groups -OCH3 is 1. The molecular formula is C23H19Cl2NO3. The highest BCUT2D eigenvalue weighted by atomic mass is 35.5. The molecule has 3 rings (SSSR count). The van der Waals surface area contributed by atoms with Gasteiger partial charge in [-0.2, -0.15) is 0 Å². The van der Waals surface area contributed by atoms with Crippen molar-refractivity contribution < 1.29 is 14.3 Å². The maximum Gasteiger partial charge on any atom is 0.248 e. The van der Waals surface area contributed by atoms with Crippen molar-refractivity contribution in [1.29, 1.82) is 0 Å². The molecule has 0 aliphatic heterocycles. The zero-order valence-corrected chi connectivity index (χ0v) is 17.2. The summed E-state index contributed by atoms with van der Waals surface area (Å²) in [7, 11) is 1.57. The Bertz CT molecular complexity index is 1000. The fraction of sp³-hybridized carbons (Fsp3) is 0.0870. The molecule has 0 spiro atoms. The summed E-state index contributed by atoms with van der Waals surface area (Å²) in [5.74, 6) is 0.957. The Morgan fingerprint density at radius 3 is 2.24 bits per heavy atom. The van der Waals surface area contributed by atoms with Gasteiger partial charge in [-0.25, -0.2) is 0 Å². The molecule has 0 aliphatic rings. The van der Waals surface area contributed by atoms with E-state index in [9.17, 15) is 4.79 Å². The van der Waals surface area contributed by atoms with Crippen LogP contribution in [0.3, 0.4) is 0 Å². The summed E-state index contributed by atoms with van der Waals surface area (Å²) in [6.07, 6.45) is 3.16. The number of amides is 1. The molecule has 0 aliphatic carbocycles. The van der Waals surface area contributed by atoms with E-state index in [1.165, 1.54) is 6.08 Å². The molecule has 148 valence electrons. The van der Waals surface area contributed by atoms with Crippen LogP contribution in [0.5, 0.6) is 11.5 Å². The molecule has 0 radical (unpaired) electrons. The van der Waals surface area contributed by atoms with Crippen molar-refractivity contribution in [3.63, 3.8) is 0 Å². The second kappa shape index (κ2) is 10.0. The molecule has 3 aromatic carbocycles. The minimum atomic E-state index is -0.241. The Balaban J connectivity index is 1.62. The second-order valence-electron chi connectivity index (χ2n) is 6.15. The smallest absolute Gasteiger partial charge is 0.248 e. The molecule has 0 unspecified atom stereocenters. The lowest BCUT2D eigenvalue weighted by molar-refractivity contribution is -0.111. The lowest BCUT2D eigenvalue weighted by atomic mass is 10.2. The van der Waals surface area contributed by atoms with Crippen molar-refractivity contribution in [2.24, 2.45) is 0 Å². The van der Waals surface area contributed by atoms with Crippen LogP contribution >= 0.6 is 23.2 Å². The Morgan fingerprint density at radius 1 is 0.931 bits per heavy atom. The molecule has 1 N–H and O–H groups in total. The van der Waals surface area contributed by atoms with E-state index in [0.29, 0.717) is 33.8 Å². The van der Waals surface area contributed by atoms with Gasteiger partial charge in [-0.05, 0) is 65.7 Å². The second-order valence-corrected chi connectivity index (χ2v) is 7.03. The zero-order valence-electron chi connectivity index (χ0n) is 15.7. The molecule has 0 atom stereocenters. The molecule has 0 aromatic heterocycles. The van der Waals surface area contributed by atoms with E-state index in [4.69, 9.17) is 32.7 Å². The molecule has 0 heterocycles. The number of hydrogen-bond donors (Lipinski definition) is 1. The van der Waals surface area contributed by atoms with Crippen LogP contribution in [0.15, 0.2) is 72.8 Å². The van der Waals surface area contributed by atoms with Gasteiger partial charge >= 0.3 is 0 Å². The summed E-state index contributed by atoms with van der Waals surface area (Å²) in [5.41, 5.74) is 2.49. The van der Waals surface area contributed by atoms with Crippen molar-refractivity contribution in [1.82, 2.24) is 0 Å². The van der Waals surface area contributed by atoms with E-state index in [-0.39, 0.29) is 5.91 Å². The van der Waals surface area contributed by atoms with Crippen LogP contribution < -0.4 is 14.8 Å². The quantitative estimate of drug-likeness (QED) is 0.454. The van der Waals surface area contributed by atoms with E-state index >= 15 is 0 Å². The highest BCUT2D eigenvalue weighted by Crippen LogP contribution is 2.29. The predicted molar refractivity (Wildman–Crippen MR) is 118 cm³/mol. The predicted octanol–water partition coefficient (Wildman–Crippen LogP) is 6.23. The van der Waals surface area contributed by atoms with Crippen LogP contribution in [0.4, 0.5) is 5.69 Å². The number of benzene rings is 3. The van der Waals surface area contributed by atoms with E-state index in [2.05, 4.69) is 5.32 Å². The number of carbonyl (C=O) groups excluding carboxylic acids is 1. The molecule has 0 fully saturated rings. The van der Waals surface area contributed by atoms with Gasteiger partial charge in [0, 0.05) is 21.8 Å². The third-order valence-corrected chi connectivity index (χ3v) is 4.54. The van der Waals surface area contributed by atoms with Gasteiger partial charge in [-0.3, -0.25) is 4.79 Å². The molecule has 0 saturated heterocycles. The van der Waals surface area contributed by atoms with Crippen molar-refractivity contribution >= 4 is 40.9 Å². The maximum atomic E-state index is 12.1. The van der Waals surface area contributed by atoms with Gasteiger partial charge in [0.2, 0.25) is 5.91 Å². The summed E-state index contributed by atoms with van der Waals surface area (Å²) in [5, 5.41) is 4.07. The fourth-order valence-electron chi connectivity index (χ4n) is 2.54. The number of nitrogens with one attached hydrogen (secondary N) is 1. The van der Waals surface area contributed by atoms with Crippen molar-refractivity contribution in [3.8, 4) is 11.5 Å². The van der Waals surface area contributed by atoms with Crippen molar-refractivity contribution in [2.45, 2.75) is 6.61 Å². The third kappa shape index (κ3) is 6.28. The molecule has 1 amide bonds. The monoisotopic (exact) mass is 427 g/mol. The first-order valence-electron chi connectivity index (χ1n) is 8.83.